The molecule has 0 fully saturated rings. The minimum absolute atomic E-state index is 0.238. The summed E-state index contributed by atoms with van der Waals surface area (Å²) in [6.07, 6.45) is 9.34. The second-order valence-corrected chi connectivity index (χ2v) is 4.76. The van der Waals surface area contributed by atoms with Gasteiger partial charge in [-0.1, -0.05) is 6.07 Å². The lowest BCUT2D eigenvalue weighted by Gasteiger charge is -2.04. The number of benzene rings is 1. The van der Waals surface area contributed by atoms with Gasteiger partial charge in [0.1, 0.15) is 0 Å². The maximum atomic E-state index is 8.94. The number of aromatic nitrogens is 3. The Labute approximate surface area is 111 Å². The van der Waals surface area contributed by atoms with Gasteiger partial charge in [-0.15, -0.1) is 0 Å². The SMILES string of the molecule is OCCCc1c[nH]c2ccc(Cn3ccnc3)cc12. The molecule has 0 atom stereocenters. The van der Waals surface area contributed by atoms with E-state index in [2.05, 4.69) is 32.7 Å². The van der Waals surface area contributed by atoms with Crippen LogP contribution in [0.3, 0.4) is 0 Å². The van der Waals surface area contributed by atoms with Crippen LogP contribution in [0.25, 0.3) is 10.9 Å². The molecule has 0 aliphatic rings. The first-order chi connectivity index (χ1) is 9.36. The molecule has 2 heterocycles. The van der Waals surface area contributed by atoms with Gasteiger partial charge in [-0.25, -0.2) is 4.98 Å². The van der Waals surface area contributed by atoms with E-state index in [0.29, 0.717) is 0 Å². The molecule has 19 heavy (non-hydrogen) atoms. The summed E-state index contributed by atoms with van der Waals surface area (Å²) in [4.78, 5) is 7.34. The fourth-order valence-electron chi connectivity index (χ4n) is 2.39. The van der Waals surface area contributed by atoms with Gasteiger partial charge in [0.25, 0.3) is 0 Å². The van der Waals surface area contributed by atoms with Crippen LogP contribution in [0.4, 0.5) is 0 Å². The number of hydrogen-bond acceptors (Lipinski definition) is 2. The molecule has 3 aromatic rings. The molecular weight excluding hydrogens is 238 g/mol. The quantitative estimate of drug-likeness (QED) is 0.735. The van der Waals surface area contributed by atoms with E-state index in [9.17, 15) is 0 Å². The third-order valence-electron chi connectivity index (χ3n) is 3.36. The first-order valence-corrected chi connectivity index (χ1v) is 6.52. The number of fused-ring (bicyclic) bond motifs is 1. The highest BCUT2D eigenvalue weighted by molar-refractivity contribution is 5.83. The molecule has 1 aromatic carbocycles. The van der Waals surface area contributed by atoms with Gasteiger partial charge in [-0.3, -0.25) is 0 Å². The minimum atomic E-state index is 0.238. The summed E-state index contributed by atoms with van der Waals surface area (Å²) in [6, 6.07) is 6.47. The highest BCUT2D eigenvalue weighted by Gasteiger charge is 2.05. The van der Waals surface area contributed by atoms with Gasteiger partial charge >= 0.3 is 0 Å². The number of nitrogens with one attached hydrogen (secondary N) is 1. The Hall–Kier alpha value is -2.07. The lowest BCUT2D eigenvalue weighted by Crippen LogP contribution is -1.96. The number of H-pyrrole nitrogens is 1. The minimum Gasteiger partial charge on any atom is -0.396 e. The van der Waals surface area contributed by atoms with Crippen molar-refractivity contribution in [3.8, 4) is 0 Å². The van der Waals surface area contributed by atoms with Crippen molar-refractivity contribution >= 4 is 10.9 Å². The van der Waals surface area contributed by atoms with Crippen LogP contribution < -0.4 is 0 Å². The Bertz CT molecular complexity index is 655. The molecule has 4 nitrogen and oxygen atoms in total. The Balaban J connectivity index is 1.90. The van der Waals surface area contributed by atoms with Crippen LogP contribution in [0.15, 0.2) is 43.1 Å². The Kier molecular flexibility index (Phi) is 3.33. The average molecular weight is 255 g/mol. The van der Waals surface area contributed by atoms with Gasteiger partial charge < -0.3 is 14.7 Å². The number of aryl methyl sites for hydroxylation is 1. The van der Waals surface area contributed by atoms with Crippen molar-refractivity contribution in [2.75, 3.05) is 6.61 Å². The number of aliphatic hydroxyl groups excluding tert-OH is 1. The smallest absolute Gasteiger partial charge is 0.0949 e. The van der Waals surface area contributed by atoms with Crippen LogP contribution >= 0.6 is 0 Å². The van der Waals surface area contributed by atoms with Crippen molar-refractivity contribution in [1.82, 2.24) is 14.5 Å². The van der Waals surface area contributed by atoms with Crippen LogP contribution in [0.2, 0.25) is 0 Å². The molecule has 0 saturated carbocycles. The van der Waals surface area contributed by atoms with Gasteiger partial charge in [-0.05, 0) is 36.1 Å². The standard InChI is InChI=1S/C15H17N3O/c19-7-1-2-13-9-17-15-4-3-12(8-14(13)15)10-18-6-5-16-11-18/h3-6,8-9,11,17,19H,1-2,7,10H2. The average Bonchev–Trinajstić information content (AvgIpc) is 3.06. The summed E-state index contributed by atoms with van der Waals surface area (Å²) in [5, 5.41) is 10.2. The van der Waals surface area contributed by atoms with Crippen molar-refractivity contribution in [3.05, 3.63) is 54.2 Å². The zero-order valence-electron chi connectivity index (χ0n) is 10.7. The third kappa shape index (κ3) is 2.53. The molecule has 0 aliphatic heterocycles. The lowest BCUT2D eigenvalue weighted by atomic mass is 10.1. The van der Waals surface area contributed by atoms with Crippen molar-refractivity contribution in [1.29, 1.82) is 0 Å². The molecule has 0 spiro atoms. The van der Waals surface area contributed by atoms with E-state index < -0.39 is 0 Å². The molecule has 2 aromatic heterocycles. The molecule has 0 saturated heterocycles. The fourth-order valence-corrected chi connectivity index (χ4v) is 2.39. The molecule has 0 amide bonds. The summed E-state index contributed by atoms with van der Waals surface area (Å²) < 4.78 is 2.06. The lowest BCUT2D eigenvalue weighted by molar-refractivity contribution is 0.289. The molecule has 3 rings (SSSR count). The summed E-state index contributed by atoms with van der Waals surface area (Å²) in [5.41, 5.74) is 3.69. The predicted octanol–water partition coefficient (Wildman–Crippen LogP) is 2.34. The van der Waals surface area contributed by atoms with E-state index >= 15 is 0 Å². The normalized spacial score (nSPS) is 11.2. The topological polar surface area (TPSA) is 53.8 Å². The summed E-state index contributed by atoms with van der Waals surface area (Å²) in [7, 11) is 0. The van der Waals surface area contributed by atoms with Crippen LogP contribution in [0.5, 0.6) is 0 Å². The van der Waals surface area contributed by atoms with E-state index in [1.807, 2.05) is 18.7 Å². The maximum absolute atomic E-state index is 8.94. The fraction of sp³-hybridized carbons (Fsp3) is 0.267. The van der Waals surface area contributed by atoms with Crippen molar-refractivity contribution < 1.29 is 5.11 Å². The van der Waals surface area contributed by atoms with Gasteiger partial charge in [0.2, 0.25) is 0 Å². The largest absolute Gasteiger partial charge is 0.396 e. The van der Waals surface area contributed by atoms with E-state index in [0.717, 1.165) is 24.9 Å². The van der Waals surface area contributed by atoms with E-state index in [-0.39, 0.29) is 6.61 Å². The van der Waals surface area contributed by atoms with Crippen LogP contribution in [-0.4, -0.2) is 26.2 Å². The number of imidazole rings is 1. The third-order valence-corrected chi connectivity index (χ3v) is 3.36. The summed E-state index contributed by atoms with van der Waals surface area (Å²) in [6.45, 7) is 1.07. The monoisotopic (exact) mass is 255 g/mol. The Morgan fingerprint density at radius 2 is 2.26 bits per heavy atom. The molecule has 4 heteroatoms. The van der Waals surface area contributed by atoms with Crippen molar-refractivity contribution in [3.63, 3.8) is 0 Å². The second-order valence-electron chi connectivity index (χ2n) is 4.76. The zero-order chi connectivity index (χ0) is 13.1. The molecule has 0 radical (unpaired) electrons. The number of aromatic amines is 1. The number of nitrogens with zero attached hydrogens (tertiary/aromatic N) is 2. The molecular formula is C15H17N3O. The van der Waals surface area contributed by atoms with Gasteiger partial charge in [0.05, 0.1) is 6.33 Å². The molecule has 0 bridgehead atoms. The summed E-state index contributed by atoms with van der Waals surface area (Å²) >= 11 is 0. The van der Waals surface area contributed by atoms with E-state index in [1.54, 1.807) is 6.20 Å². The second kappa shape index (κ2) is 5.28. The first kappa shape index (κ1) is 12.0. The summed E-state index contributed by atoms with van der Waals surface area (Å²) in [5.74, 6) is 0. The number of aliphatic hydroxyl groups is 1. The number of hydrogen-bond donors (Lipinski definition) is 2. The van der Waals surface area contributed by atoms with Crippen LogP contribution in [0.1, 0.15) is 17.5 Å². The van der Waals surface area contributed by atoms with Crippen LogP contribution in [0, 0.1) is 0 Å². The van der Waals surface area contributed by atoms with Crippen molar-refractivity contribution in [2.24, 2.45) is 0 Å². The Morgan fingerprint density at radius 1 is 1.32 bits per heavy atom. The highest BCUT2D eigenvalue weighted by Crippen LogP contribution is 2.21. The molecule has 98 valence electrons. The van der Waals surface area contributed by atoms with Crippen molar-refractivity contribution in [2.45, 2.75) is 19.4 Å². The highest BCUT2D eigenvalue weighted by atomic mass is 16.2. The molecule has 2 N–H and O–H groups in total. The predicted molar refractivity (Wildman–Crippen MR) is 75.0 cm³/mol. The first-order valence-electron chi connectivity index (χ1n) is 6.52. The Morgan fingerprint density at radius 3 is 3.05 bits per heavy atom. The maximum Gasteiger partial charge on any atom is 0.0949 e. The molecule has 0 unspecified atom stereocenters. The zero-order valence-corrected chi connectivity index (χ0v) is 10.7. The van der Waals surface area contributed by atoms with Gasteiger partial charge in [-0.2, -0.15) is 0 Å². The van der Waals surface area contributed by atoms with Gasteiger partial charge in [0.15, 0.2) is 0 Å². The number of rotatable bonds is 5. The molecule has 0 aliphatic carbocycles. The van der Waals surface area contributed by atoms with Gasteiger partial charge in [0, 0.05) is 42.6 Å². The van der Waals surface area contributed by atoms with E-state index in [1.165, 1.54) is 16.5 Å². The van der Waals surface area contributed by atoms with E-state index in [4.69, 9.17) is 5.11 Å². The van der Waals surface area contributed by atoms with Crippen LogP contribution in [-0.2, 0) is 13.0 Å².